The van der Waals surface area contributed by atoms with E-state index in [1.807, 2.05) is 6.07 Å². The molecule has 0 aliphatic rings. The Morgan fingerprint density at radius 2 is 1.97 bits per heavy atom. The predicted octanol–water partition coefficient (Wildman–Crippen LogP) is 2.86. The summed E-state index contributed by atoms with van der Waals surface area (Å²) in [7, 11) is -3.80. The van der Waals surface area contributed by atoms with E-state index in [1.54, 1.807) is 24.5 Å². The van der Waals surface area contributed by atoms with Crippen LogP contribution >= 0.6 is 0 Å². The standard InChI is InChI=1S/C21H14N4O4S/c22-10-14-2-1-3-17(8-14)30(27,28)18-5-4-16(24-13-18)12-25-21(26)20-9-15-11-23-7-6-19(15)29-20/h1-9,11,13H,12H2,(H,25,26). The molecule has 9 heteroatoms. The Bertz CT molecular complexity index is 1350. The first kappa shape index (κ1) is 19.3. The van der Waals surface area contributed by atoms with Crippen LogP contribution in [0.3, 0.4) is 0 Å². The van der Waals surface area contributed by atoms with Gasteiger partial charge in [-0.05, 0) is 42.5 Å². The Hall–Kier alpha value is -4.03. The van der Waals surface area contributed by atoms with Crippen molar-refractivity contribution >= 4 is 26.7 Å². The minimum atomic E-state index is -3.80. The first-order valence-electron chi connectivity index (χ1n) is 8.79. The van der Waals surface area contributed by atoms with E-state index >= 15 is 0 Å². The van der Waals surface area contributed by atoms with Gasteiger partial charge in [-0.25, -0.2) is 8.42 Å². The number of hydrogen-bond acceptors (Lipinski definition) is 7. The fourth-order valence-corrected chi connectivity index (χ4v) is 4.05. The highest BCUT2D eigenvalue weighted by molar-refractivity contribution is 7.91. The Morgan fingerprint density at radius 1 is 1.10 bits per heavy atom. The number of fused-ring (bicyclic) bond motifs is 1. The van der Waals surface area contributed by atoms with E-state index in [-0.39, 0.29) is 27.7 Å². The maximum absolute atomic E-state index is 12.7. The molecule has 0 saturated carbocycles. The number of rotatable bonds is 5. The number of furan rings is 1. The Morgan fingerprint density at radius 3 is 2.70 bits per heavy atom. The lowest BCUT2D eigenvalue weighted by Crippen LogP contribution is -2.22. The van der Waals surface area contributed by atoms with Crippen molar-refractivity contribution in [1.29, 1.82) is 5.26 Å². The number of carbonyl (C=O) groups is 1. The van der Waals surface area contributed by atoms with E-state index in [0.717, 1.165) is 5.39 Å². The van der Waals surface area contributed by atoms with Gasteiger partial charge in [0, 0.05) is 24.0 Å². The molecule has 1 aromatic carbocycles. The normalized spacial score (nSPS) is 11.2. The van der Waals surface area contributed by atoms with Gasteiger partial charge >= 0.3 is 0 Å². The smallest absolute Gasteiger partial charge is 0.287 e. The van der Waals surface area contributed by atoms with Crippen LogP contribution in [-0.2, 0) is 16.4 Å². The van der Waals surface area contributed by atoms with Crippen LogP contribution in [0.4, 0.5) is 0 Å². The second kappa shape index (κ2) is 7.77. The predicted molar refractivity (Wildman–Crippen MR) is 106 cm³/mol. The third-order valence-corrected chi connectivity index (χ3v) is 6.09. The van der Waals surface area contributed by atoms with Gasteiger partial charge in [0.2, 0.25) is 9.84 Å². The lowest BCUT2D eigenvalue weighted by atomic mass is 10.2. The molecule has 30 heavy (non-hydrogen) atoms. The number of nitrogens with zero attached hydrogens (tertiary/aromatic N) is 3. The quantitative estimate of drug-likeness (QED) is 0.528. The van der Waals surface area contributed by atoms with Crippen molar-refractivity contribution in [2.45, 2.75) is 16.3 Å². The zero-order chi connectivity index (χ0) is 21.1. The molecule has 4 rings (SSSR count). The summed E-state index contributed by atoms with van der Waals surface area (Å²) in [5.74, 6) is -0.271. The van der Waals surface area contributed by atoms with Crippen molar-refractivity contribution in [3.63, 3.8) is 0 Å². The summed E-state index contributed by atoms with van der Waals surface area (Å²) in [5.41, 5.74) is 1.29. The molecule has 1 amide bonds. The van der Waals surface area contributed by atoms with E-state index in [2.05, 4.69) is 15.3 Å². The number of sulfone groups is 1. The topological polar surface area (TPSA) is 126 Å². The van der Waals surface area contributed by atoms with Crippen LogP contribution in [0.2, 0.25) is 0 Å². The number of amides is 1. The van der Waals surface area contributed by atoms with Gasteiger partial charge in [-0.3, -0.25) is 14.8 Å². The molecule has 4 aromatic rings. The van der Waals surface area contributed by atoms with Crippen LogP contribution in [0.15, 0.2) is 81.3 Å². The van der Waals surface area contributed by atoms with Crippen LogP contribution in [0, 0.1) is 11.3 Å². The SMILES string of the molecule is N#Cc1cccc(S(=O)(=O)c2ccc(CNC(=O)c3cc4cnccc4o3)nc2)c1. The van der Waals surface area contributed by atoms with Crippen LogP contribution in [0.25, 0.3) is 11.0 Å². The molecular weight excluding hydrogens is 404 g/mol. The molecule has 0 atom stereocenters. The summed E-state index contributed by atoms with van der Waals surface area (Å²) in [4.78, 5) is 20.4. The van der Waals surface area contributed by atoms with Crippen molar-refractivity contribution in [2.75, 3.05) is 0 Å². The van der Waals surface area contributed by atoms with Crippen LogP contribution in [0.5, 0.6) is 0 Å². The van der Waals surface area contributed by atoms with Crippen LogP contribution in [0.1, 0.15) is 21.8 Å². The van der Waals surface area contributed by atoms with Crippen LogP contribution < -0.4 is 5.32 Å². The Labute approximate surface area is 171 Å². The second-order valence-corrected chi connectivity index (χ2v) is 8.28. The van der Waals surface area contributed by atoms with Crippen molar-refractivity contribution < 1.29 is 17.6 Å². The van der Waals surface area contributed by atoms with E-state index in [0.29, 0.717) is 11.3 Å². The number of pyridine rings is 2. The maximum Gasteiger partial charge on any atom is 0.287 e. The molecule has 0 fully saturated rings. The fraction of sp³-hybridized carbons (Fsp3) is 0.0476. The van der Waals surface area contributed by atoms with Crippen molar-refractivity contribution in [2.24, 2.45) is 0 Å². The summed E-state index contributed by atoms with van der Waals surface area (Å²) in [5, 5.41) is 12.4. The lowest BCUT2D eigenvalue weighted by molar-refractivity contribution is 0.0925. The fourth-order valence-electron chi connectivity index (χ4n) is 2.80. The molecule has 1 N–H and O–H groups in total. The van der Waals surface area contributed by atoms with Gasteiger partial charge in [0.05, 0.1) is 33.7 Å². The number of nitriles is 1. The van der Waals surface area contributed by atoms with E-state index < -0.39 is 15.7 Å². The first-order chi connectivity index (χ1) is 14.5. The lowest BCUT2D eigenvalue weighted by Gasteiger charge is -2.06. The Kier molecular flexibility index (Phi) is 5.00. The minimum absolute atomic E-state index is 0.00236. The summed E-state index contributed by atoms with van der Waals surface area (Å²) in [6.45, 7) is 0.0956. The number of aromatic nitrogens is 2. The first-order valence-corrected chi connectivity index (χ1v) is 10.3. The third kappa shape index (κ3) is 3.76. The molecule has 3 aromatic heterocycles. The molecule has 3 heterocycles. The van der Waals surface area contributed by atoms with Gasteiger partial charge in [0.15, 0.2) is 5.76 Å². The number of benzene rings is 1. The van der Waals surface area contributed by atoms with Crippen LogP contribution in [-0.4, -0.2) is 24.3 Å². The monoisotopic (exact) mass is 418 g/mol. The summed E-state index contributed by atoms with van der Waals surface area (Å²) < 4.78 is 30.9. The Balaban J connectivity index is 1.47. The summed E-state index contributed by atoms with van der Waals surface area (Å²) in [6, 6.07) is 13.9. The molecule has 0 aliphatic carbocycles. The average Bonchev–Trinajstić information content (AvgIpc) is 3.22. The average molecular weight is 418 g/mol. The van der Waals surface area contributed by atoms with Gasteiger partial charge in [-0.1, -0.05) is 6.07 Å². The molecule has 148 valence electrons. The third-order valence-electron chi connectivity index (χ3n) is 4.35. The zero-order valence-electron chi connectivity index (χ0n) is 15.4. The van der Waals surface area contributed by atoms with Gasteiger partial charge in [0.1, 0.15) is 5.58 Å². The molecule has 0 radical (unpaired) electrons. The summed E-state index contributed by atoms with van der Waals surface area (Å²) in [6.07, 6.45) is 4.40. The molecule has 0 saturated heterocycles. The van der Waals surface area contributed by atoms with Crippen molar-refractivity contribution in [3.05, 3.63) is 84.1 Å². The zero-order valence-corrected chi connectivity index (χ0v) is 16.3. The maximum atomic E-state index is 12.7. The molecular formula is C21H14N4O4S. The van der Waals surface area contributed by atoms with Crippen molar-refractivity contribution in [3.8, 4) is 6.07 Å². The highest BCUT2D eigenvalue weighted by atomic mass is 32.2. The highest BCUT2D eigenvalue weighted by Crippen LogP contribution is 2.21. The molecule has 0 aliphatic heterocycles. The molecule has 8 nitrogen and oxygen atoms in total. The summed E-state index contributed by atoms with van der Waals surface area (Å²) >= 11 is 0. The number of carbonyl (C=O) groups excluding carboxylic acids is 1. The number of nitrogens with one attached hydrogen (secondary N) is 1. The van der Waals surface area contributed by atoms with Gasteiger partial charge in [-0.2, -0.15) is 5.26 Å². The van der Waals surface area contributed by atoms with E-state index in [9.17, 15) is 13.2 Å². The molecule has 0 spiro atoms. The van der Waals surface area contributed by atoms with Gasteiger partial charge < -0.3 is 9.73 Å². The van der Waals surface area contributed by atoms with Crippen molar-refractivity contribution in [1.82, 2.24) is 15.3 Å². The number of hydrogen-bond donors (Lipinski definition) is 1. The second-order valence-electron chi connectivity index (χ2n) is 6.34. The van der Waals surface area contributed by atoms with Gasteiger partial charge in [0.25, 0.3) is 5.91 Å². The highest BCUT2D eigenvalue weighted by Gasteiger charge is 2.19. The largest absolute Gasteiger partial charge is 0.451 e. The molecule has 0 bridgehead atoms. The van der Waals surface area contributed by atoms with E-state index in [1.165, 1.54) is 42.6 Å². The minimum Gasteiger partial charge on any atom is -0.451 e. The van der Waals surface area contributed by atoms with Gasteiger partial charge in [-0.15, -0.1) is 0 Å². The molecule has 0 unspecified atom stereocenters. The van der Waals surface area contributed by atoms with E-state index in [4.69, 9.17) is 9.68 Å².